The fraction of sp³-hybridized carbons (Fsp3) is 0.250. The van der Waals surface area contributed by atoms with Crippen molar-refractivity contribution in [3.8, 4) is 0 Å². The van der Waals surface area contributed by atoms with E-state index in [4.69, 9.17) is 0 Å². The predicted octanol–water partition coefficient (Wildman–Crippen LogP) is 3.21. The SMILES string of the molecule is Cc1ccnc2c1/C=C\CC/C=C\2. The normalized spacial score (nSPS) is 19.8. The Morgan fingerprint density at radius 1 is 1.15 bits per heavy atom. The Morgan fingerprint density at radius 3 is 2.77 bits per heavy atom. The number of aryl methyl sites for hydroxylation is 1. The lowest BCUT2D eigenvalue weighted by molar-refractivity contribution is 1.05. The van der Waals surface area contributed by atoms with Crippen molar-refractivity contribution in [2.45, 2.75) is 19.8 Å². The summed E-state index contributed by atoms with van der Waals surface area (Å²) in [7, 11) is 0. The number of hydrogen-bond acceptors (Lipinski definition) is 1. The van der Waals surface area contributed by atoms with E-state index in [1.54, 1.807) is 0 Å². The summed E-state index contributed by atoms with van der Waals surface area (Å²) >= 11 is 0. The van der Waals surface area contributed by atoms with E-state index in [0.717, 1.165) is 18.5 Å². The summed E-state index contributed by atoms with van der Waals surface area (Å²) in [4.78, 5) is 4.34. The van der Waals surface area contributed by atoms with E-state index in [1.165, 1.54) is 11.1 Å². The summed E-state index contributed by atoms with van der Waals surface area (Å²) in [6.45, 7) is 2.13. The van der Waals surface area contributed by atoms with Crippen molar-refractivity contribution in [1.82, 2.24) is 4.98 Å². The van der Waals surface area contributed by atoms with Gasteiger partial charge in [-0.3, -0.25) is 4.98 Å². The molecule has 0 amide bonds. The van der Waals surface area contributed by atoms with Crippen LogP contribution in [0.15, 0.2) is 24.4 Å². The molecule has 0 aliphatic heterocycles. The fourth-order valence-corrected chi connectivity index (χ4v) is 1.53. The highest BCUT2D eigenvalue weighted by molar-refractivity contribution is 5.65. The van der Waals surface area contributed by atoms with E-state index in [9.17, 15) is 0 Å². The Labute approximate surface area is 78.8 Å². The average Bonchev–Trinajstić information content (AvgIpc) is 2.07. The third-order valence-electron chi connectivity index (χ3n) is 2.30. The number of rotatable bonds is 0. The van der Waals surface area contributed by atoms with Gasteiger partial charge in [-0.15, -0.1) is 0 Å². The molecule has 2 rings (SSSR count). The molecule has 1 heterocycles. The van der Waals surface area contributed by atoms with E-state index >= 15 is 0 Å². The lowest BCUT2D eigenvalue weighted by Gasteiger charge is -2.05. The number of fused-ring (bicyclic) bond motifs is 1. The molecule has 1 heteroatoms. The van der Waals surface area contributed by atoms with Gasteiger partial charge in [0.2, 0.25) is 0 Å². The molecule has 0 unspecified atom stereocenters. The van der Waals surface area contributed by atoms with E-state index in [0.29, 0.717) is 0 Å². The Bertz CT molecular complexity index is 361. The molecular formula is C12H13N. The molecule has 66 valence electrons. The molecule has 1 aliphatic rings. The van der Waals surface area contributed by atoms with Gasteiger partial charge in [0, 0.05) is 11.8 Å². The maximum Gasteiger partial charge on any atom is 0.0701 e. The minimum absolute atomic E-state index is 1.09. The van der Waals surface area contributed by atoms with Crippen LogP contribution in [0, 0.1) is 6.92 Å². The molecule has 1 nitrogen and oxygen atoms in total. The maximum absolute atomic E-state index is 4.34. The summed E-state index contributed by atoms with van der Waals surface area (Å²) in [5.74, 6) is 0. The first-order valence-electron chi connectivity index (χ1n) is 4.66. The summed E-state index contributed by atoms with van der Waals surface area (Å²) in [5.41, 5.74) is 3.65. The summed E-state index contributed by atoms with van der Waals surface area (Å²) < 4.78 is 0. The highest BCUT2D eigenvalue weighted by Gasteiger charge is 2.01. The molecule has 0 fully saturated rings. The molecule has 13 heavy (non-hydrogen) atoms. The molecule has 1 aromatic heterocycles. The van der Waals surface area contributed by atoms with E-state index in [-0.39, 0.29) is 0 Å². The number of nitrogens with zero attached hydrogens (tertiary/aromatic N) is 1. The first-order valence-corrected chi connectivity index (χ1v) is 4.66. The van der Waals surface area contributed by atoms with Gasteiger partial charge in [-0.25, -0.2) is 0 Å². The molecular weight excluding hydrogens is 158 g/mol. The van der Waals surface area contributed by atoms with Crippen molar-refractivity contribution in [1.29, 1.82) is 0 Å². The first kappa shape index (κ1) is 8.24. The van der Waals surface area contributed by atoms with Gasteiger partial charge < -0.3 is 0 Å². The lowest BCUT2D eigenvalue weighted by atomic mass is 10.0. The summed E-state index contributed by atoms with van der Waals surface area (Å²) in [5, 5.41) is 0. The van der Waals surface area contributed by atoms with Crippen LogP contribution in [0.4, 0.5) is 0 Å². The number of pyridine rings is 1. The van der Waals surface area contributed by atoms with E-state index in [2.05, 4.69) is 42.3 Å². The third kappa shape index (κ3) is 1.69. The summed E-state index contributed by atoms with van der Waals surface area (Å²) in [6, 6.07) is 2.05. The van der Waals surface area contributed by atoms with Crippen molar-refractivity contribution in [3.63, 3.8) is 0 Å². The zero-order chi connectivity index (χ0) is 9.10. The van der Waals surface area contributed by atoms with E-state index < -0.39 is 0 Å². The second-order valence-electron chi connectivity index (χ2n) is 3.31. The Kier molecular flexibility index (Phi) is 2.26. The molecule has 0 atom stereocenters. The minimum Gasteiger partial charge on any atom is -0.256 e. The molecule has 0 N–H and O–H groups in total. The van der Waals surface area contributed by atoms with Crippen LogP contribution in [0.3, 0.4) is 0 Å². The molecule has 0 bridgehead atoms. The van der Waals surface area contributed by atoms with Crippen molar-refractivity contribution in [3.05, 3.63) is 41.2 Å². The van der Waals surface area contributed by atoms with Crippen LogP contribution in [-0.4, -0.2) is 4.98 Å². The van der Waals surface area contributed by atoms with E-state index in [1.807, 2.05) is 6.20 Å². The van der Waals surface area contributed by atoms with Gasteiger partial charge in [0.05, 0.1) is 5.69 Å². The van der Waals surface area contributed by atoms with Crippen LogP contribution < -0.4 is 0 Å². The van der Waals surface area contributed by atoms with Crippen molar-refractivity contribution < 1.29 is 0 Å². The van der Waals surface area contributed by atoms with Crippen molar-refractivity contribution in [2.24, 2.45) is 0 Å². The second kappa shape index (κ2) is 3.56. The topological polar surface area (TPSA) is 12.9 Å². The monoisotopic (exact) mass is 171 g/mol. The van der Waals surface area contributed by atoms with Crippen LogP contribution in [0.1, 0.15) is 29.7 Å². The maximum atomic E-state index is 4.34. The Balaban J connectivity index is 2.56. The Morgan fingerprint density at radius 2 is 1.92 bits per heavy atom. The highest BCUT2D eigenvalue weighted by atomic mass is 14.7. The highest BCUT2D eigenvalue weighted by Crippen LogP contribution is 2.17. The third-order valence-corrected chi connectivity index (χ3v) is 2.30. The Hall–Kier alpha value is -1.37. The van der Waals surface area contributed by atoms with Crippen LogP contribution in [0.2, 0.25) is 0 Å². The molecule has 1 aromatic rings. The molecule has 0 saturated heterocycles. The molecule has 0 radical (unpaired) electrons. The van der Waals surface area contributed by atoms with Crippen LogP contribution in [0.5, 0.6) is 0 Å². The number of hydrogen-bond donors (Lipinski definition) is 0. The largest absolute Gasteiger partial charge is 0.256 e. The van der Waals surface area contributed by atoms with Gasteiger partial charge in [0.15, 0.2) is 0 Å². The zero-order valence-electron chi connectivity index (χ0n) is 7.83. The smallest absolute Gasteiger partial charge is 0.0701 e. The van der Waals surface area contributed by atoms with Gasteiger partial charge in [-0.1, -0.05) is 18.2 Å². The summed E-state index contributed by atoms with van der Waals surface area (Å²) in [6.07, 6.45) is 12.8. The van der Waals surface area contributed by atoms with Gasteiger partial charge in [0.25, 0.3) is 0 Å². The van der Waals surface area contributed by atoms with Crippen LogP contribution in [-0.2, 0) is 0 Å². The van der Waals surface area contributed by atoms with Gasteiger partial charge in [0.1, 0.15) is 0 Å². The average molecular weight is 171 g/mol. The fourth-order valence-electron chi connectivity index (χ4n) is 1.53. The number of allylic oxidation sites excluding steroid dienone is 2. The lowest BCUT2D eigenvalue weighted by Crippen LogP contribution is -1.91. The number of aromatic nitrogens is 1. The van der Waals surface area contributed by atoms with Gasteiger partial charge in [-0.05, 0) is 37.5 Å². The minimum atomic E-state index is 1.09. The van der Waals surface area contributed by atoms with Crippen LogP contribution in [0.25, 0.3) is 12.2 Å². The predicted molar refractivity (Wildman–Crippen MR) is 56.3 cm³/mol. The standard InChI is InChI=1S/C12H13N/c1-10-8-9-13-12-7-5-3-2-4-6-11(10)12/h4-9H,2-3H2,1H3/b6-4-,7-5-. The zero-order valence-corrected chi connectivity index (χ0v) is 7.83. The molecule has 0 aromatic carbocycles. The van der Waals surface area contributed by atoms with Gasteiger partial charge >= 0.3 is 0 Å². The molecule has 0 spiro atoms. The van der Waals surface area contributed by atoms with Crippen molar-refractivity contribution >= 4 is 12.2 Å². The van der Waals surface area contributed by atoms with Gasteiger partial charge in [-0.2, -0.15) is 0 Å². The van der Waals surface area contributed by atoms with Crippen molar-refractivity contribution in [2.75, 3.05) is 0 Å². The quantitative estimate of drug-likeness (QED) is 0.584. The second-order valence-corrected chi connectivity index (χ2v) is 3.31. The first-order chi connectivity index (χ1) is 6.38. The van der Waals surface area contributed by atoms with Crippen LogP contribution >= 0.6 is 0 Å². The molecule has 1 aliphatic carbocycles. The molecule has 0 saturated carbocycles.